The second-order valence-corrected chi connectivity index (χ2v) is 2.62. The number of ether oxygens (including phenoxy) is 1. The van der Waals surface area contributed by atoms with Gasteiger partial charge in [0.15, 0.2) is 0 Å². The quantitative estimate of drug-likeness (QED) is 0.530. The van der Waals surface area contributed by atoms with Crippen LogP contribution in [0.5, 0.6) is 0 Å². The van der Waals surface area contributed by atoms with E-state index in [0.29, 0.717) is 6.61 Å². The zero-order chi connectivity index (χ0) is 8.53. The summed E-state index contributed by atoms with van der Waals surface area (Å²) in [5.74, 6) is 0. The van der Waals surface area contributed by atoms with Crippen molar-refractivity contribution in [2.75, 3.05) is 26.9 Å². The van der Waals surface area contributed by atoms with Gasteiger partial charge in [-0.05, 0) is 6.42 Å². The fourth-order valence-corrected chi connectivity index (χ4v) is 0.971. The summed E-state index contributed by atoms with van der Waals surface area (Å²) in [6.45, 7) is 3.86. The molecule has 0 rings (SSSR count). The van der Waals surface area contributed by atoms with E-state index in [-0.39, 0.29) is 12.6 Å². The predicted molar refractivity (Wildman–Crippen MR) is 45.7 cm³/mol. The molecule has 0 aliphatic rings. The van der Waals surface area contributed by atoms with Gasteiger partial charge in [0.25, 0.3) is 0 Å². The van der Waals surface area contributed by atoms with E-state index >= 15 is 0 Å². The van der Waals surface area contributed by atoms with Crippen LogP contribution in [0.4, 0.5) is 0 Å². The van der Waals surface area contributed by atoms with Crippen molar-refractivity contribution in [3.05, 3.63) is 0 Å². The maximum absolute atomic E-state index is 8.85. The zero-order valence-corrected chi connectivity index (χ0v) is 7.47. The second-order valence-electron chi connectivity index (χ2n) is 2.62. The first kappa shape index (κ1) is 10.9. The first-order valence-corrected chi connectivity index (χ1v) is 4.18. The smallest absolute Gasteiger partial charge is 0.0587 e. The van der Waals surface area contributed by atoms with Crippen LogP contribution < -0.4 is 5.32 Å². The largest absolute Gasteiger partial charge is 0.395 e. The van der Waals surface area contributed by atoms with Gasteiger partial charge in [0.2, 0.25) is 0 Å². The number of hydrogen-bond acceptors (Lipinski definition) is 3. The minimum atomic E-state index is 0.220. The second kappa shape index (κ2) is 7.98. The Morgan fingerprint density at radius 3 is 2.73 bits per heavy atom. The highest BCUT2D eigenvalue weighted by molar-refractivity contribution is 4.63. The molecule has 1 atom stereocenters. The molecule has 68 valence electrons. The third kappa shape index (κ3) is 6.28. The Hall–Kier alpha value is -0.120. The standard InChI is InChI=1S/C8H19NO2/c1-3-4-8(7-10)9-5-6-11-2/h8-10H,3-7H2,1-2H3. The SMILES string of the molecule is CCCC(CO)NCCOC. The summed E-state index contributed by atoms with van der Waals surface area (Å²) in [4.78, 5) is 0. The third-order valence-corrected chi connectivity index (χ3v) is 1.60. The summed E-state index contributed by atoms with van der Waals surface area (Å²) in [6, 6.07) is 0.246. The topological polar surface area (TPSA) is 41.5 Å². The fourth-order valence-electron chi connectivity index (χ4n) is 0.971. The van der Waals surface area contributed by atoms with E-state index in [4.69, 9.17) is 9.84 Å². The van der Waals surface area contributed by atoms with Crippen LogP contribution in [-0.2, 0) is 4.74 Å². The maximum Gasteiger partial charge on any atom is 0.0587 e. The van der Waals surface area contributed by atoms with Gasteiger partial charge in [0.05, 0.1) is 13.2 Å². The lowest BCUT2D eigenvalue weighted by atomic mass is 10.2. The Morgan fingerprint density at radius 2 is 2.27 bits per heavy atom. The summed E-state index contributed by atoms with van der Waals surface area (Å²) in [7, 11) is 1.68. The number of hydrogen-bond donors (Lipinski definition) is 2. The highest BCUT2D eigenvalue weighted by atomic mass is 16.5. The maximum atomic E-state index is 8.85. The molecule has 0 radical (unpaired) electrons. The van der Waals surface area contributed by atoms with Gasteiger partial charge in [0.1, 0.15) is 0 Å². The van der Waals surface area contributed by atoms with E-state index in [2.05, 4.69) is 12.2 Å². The van der Waals surface area contributed by atoms with Crippen LogP contribution in [0.15, 0.2) is 0 Å². The van der Waals surface area contributed by atoms with Gasteiger partial charge in [0, 0.05) is 19.7 Å². The normalized spacial score (nSPS) is 13.4. The summed E-state index contributed by atoms with van der Waals surface area (Å²) in [5, 5.41) is 12.0. The molecule has 0 aromatic heterocycles. The van der Waals surface area contributed by atoms with E-state index in [0.717, 1.165) is 19.4 Å². The first-order chi connectivity index (χ1) is 5.35. The summed E-state index contributed by atoms with van der Waals surface area (Å²) < 4.78 is 4.87. The molecule has 2 N–H and O–H groups in total. The predicted octanol–water partition coefficient (Wildman–Crippen LogP) is 0.383. The number of rotatable bonds is 7. The summed E-state index contributed by atoms with van der Waals surface area (Å²) in [5.41, 5.74) is 0. The molecule has 0 aliphatic carbocycles. The van der Waals surface area contributed by atoms with Crippen LogP contribution in [0.3, 0.4) is 0 Å². The number of nitrogens with one attached hydrogen (secondary N) is 1. The average Bonchev–Trinajstić information content (AvgIpc) is 2.03. The molecule has 1 unspecified atom stereocenters. The molecule has 0 heterocycles. The molecule has 0 saturated heterocycles. The third-order valence-electron chi connectivity index (χ3n) is 1.60. The van der Waals surface area contributed by atoms with Crippen molar-refractivity contribution >= 4 is 0 Å². The van der Waals surface area contributed by atoms with E-state index < -0.39 is 0 Å². The molecule has 11 heavy (non-hydrogen) atoms. The highest BCUT2D eigenvalue weighted by Gasteiger charge is 2.02. The Balaban J connectivity index is 3.20. The first-order valence-electron chi connectivity index (χ1n) is 4.18. The molecule has 0 aliphatic heterocycles. The van der Waals surface area contributed by atoms with Crippen LogP contribution in [0, 0.1) is 0 Å². The Kier molecular flexibility index (Phi) is 7.89. The van der Waals surface area contributed by atoms with Crippen molar-refractivity contribution in [1.82, 2.24) is 5.32 Å². The Morgan fingerprint density at radius 1 is 1.55 bits per heavy atom. The lowest BCUT2D eigenvalue weighted by molar-refractivity contribution is 0.181. The van der Waals surface area contributed by atoms with Gasteiger partial charge in [-0.15, -0.1) is 0 Å². The van der Waals surface area contributed by atoms with Gasteiger partial charge in [-0.3, -0.25) is 0 Å². The minimum Gasteiger partial charge on any atom is -0.395 e. The van der Waals surface area contributed by atoms with Gasteiger partial charge in [-0.25, -0.2) is 0 Å². The molecule has 0 aromatic carbocycles. The molecular weight excluding hydrogens is 142 g/mol. The van der Waals surface area contributed by atoms with Crippen molar-refractivity contribution in [1.29, 1.82) is 0 Å². The molecule has 0 bridgehead atoms. The molecule has 0 amide bonds. The fraction of sp³-hybridized carbons (Fsp3) is 1.00. The molecule has 3 nitrogen and oxygen atoms in total. The number of aliphatic hydroxyl groups excluding tert-OH is 1. The van der Waals surface area contributed by atoms with Gasteiger partial charge in [-0.2, -0.15) is 0 Å². The number of methoxy groups -OCH3 is 1. The molecule has 0 aromatic rings. The zero-order valence-electron chi connectivity index (χ0n) is 7.47. The molecule has 3 heteroatoms. The van der Waals surface area contributed by atoms with Crippen molar-refractivity contribution in [3.8, 4) is 0 Å². The molecule has 0 spiro atoms. The highest BCUT2D eigenvalue weighted by Crippen LogP contribution is 1.94. The van der Waals surface area contributed by atoms with Crippen LogP contribution >= 0.6 is 0 Å². The van der Waals surface area contributed by atoms with Crippen molar-refractivity contribution in [3.63, 3.8) is 0 Å². The molecular formula is C8H19NO2. The van der Waals surface area contributed by atoms with Crippen LogP contribution in [-0.4, -0.2) is 38.0 Å². The van der Waals surface area contributed by atoms with Gasteiger partial charge in [-0.1, -0.05) is 13.3 Å². The summed E-state index contributed by atoms with van der Waals surface area (Å²) >= 11 is 0. The monoisotopic (exact) mass is 161 g/mol. The minimum absolute atomic E-state index is 0.220. The van der Waals surface area contributed by atoms with Crippen molar-refractivity contribution < 1.29 is 9.84 Å². The van der Waals surface area contributed by atoms with E-state index in [1.54, 1.807) is 7.11 Å². The van der Waals surface area contributed by atoms with E-state index in [9.17, 15) is 0 Å². The van der Waals surface area contributed by atoms with E-state index in [1.807, 2.05) is 0 Å². The van der Waals surface area contributed by atoms with Gasteiger partial charge < -0.3 is 15.2 Å². The summed E-state index contributed by atoms with van der Waals surface area (Å²) in [6.07, 6.45) is 2.13. The van der Waals surface area contributed by atoms with Gasteiger partial charge >= 0.3 is 0 Å². The van der Waals surface area contributed by atoms with Crippen LogP contribution in [0.1, 0.15) is 19.8 Å². The Bertz CT molecular complexity index is 78.5. The molecule has 0 saturated carbocycles. The van der Waals surface area contributed by atoms with Crippen molar-refractivity contribution in [2.24, 2.45) is 0 Å². The average molecular weight is 161 g/mol. The number of aliphatic hydroxyl groups is 1. The lowest BCUT2D eigenvalue weighted by Gasteiger charge is -2.14. The lowest BCUT2D eigenvalue weighted by Crippen LogP contribution is -2.34. The van der Waals surface area contributed by atoms with Crippen molar-refractivity contribution in [2.45, 2.75) is 25.8 Å². The Labute approximate surface area is 68.8 Å². The van der Waals surface area contributed by atoms with Crippen LogP contribution in [0.25, 0.3) is 0 Å². The van der Waals surface area contributed by atoms with Crippen LogP contribution in [0.2, 0.25) is 0 Å². The molecule has 0 fully saturated rings. The van der Waals surface area contributed by atoms with E-state index in [1.165, 1.54) is 0 Å².